The summed E-state index contributed by atoms with van der Waals surface area (Å²) in [6.45, 7) is 0.398. The highest BCUT2D eigenvalue weighted by Gasteiger charge is 2.00. The fourth-order valence-corrected chi connectivity index (χ4v) is 1.33. The van der Waals surface area contributed by atoms with Gasteiger partial charge in [0.2, 0.25) is 0 Å². The summed E-state index contributed by atoms with van der Waals surface area (Å²) in [7, 11) is 0. The van der Waals surface area contributed by atoms with Crippen LogP contribution in [0.3, 0.4) is 0 Å². The van der Waals surface area contributed by atoms with E-state index in [0.717, 1.165) is 18.4 Å². The summed E-state index contributed by atoms with van der Waals surface area (Å²) in [4.78, 5) is 0. The van der Waals surface area contributed by atoms with Crippen LogP contribution in [0.4, 0.5) is 0 Å². The molecule has 0 aliphatic heterocycles. The van der Waals surface area contributed by atoms with E-state index in [2.05, 4.69) is 0 Å². The minimum absolute atomic E-state index is 0.230. The van der Waals surface area contributed by atoms with E-state index in [4.69, 9.17) is 16.3 Å². The summed E-state index contributed by atoms with van der Waals surface area (Å²) in [5.74, 6) is 1.36. The van der Waals surface area contributed by atoms with Crippen molar-refractivity contribution in [2.75, 3.05) is 12.5 Å². The lowest BCUT2D eigenvalue weighted by Crippen LogP contribution is -2.00. The molecule has 1 aromatic carbocycles. The zero-order valence-corrected chi connectivity index (χ0v) is 8.80. The highest BCUT2D eigenvalue weighted by Crippen LogP contribution is 2.17. The molecule has 0 saturated heterocycles. The molecular formula is C11H14ClO2. The molecular weight excluding hydrogens is 200 g/mol. The molecule has 1 radical (unpaired) electrons. The lowest BCUT2D eigenvalue weighted by atomic mass is 10.2. The maximum absolute atomic E-state index is 10.7. The molecule has 0 heterocycles. The summed E-state index contributed by atoms with van der Waals surface area (Å²) >= 11 is 5.54. The van der Waals surface area contributed by atoms with Gasteiger partial charge in [0.15, 0.2) is 0 Å². The van der Waals surface area contributed by atoms with E-state index < -0.39 is 0 Å². The first-order valence-electron chi connectivity index (χ1n) is 4.73. The molecule has 0 bridgehead atoms. The Hall–Kier alpha value is -0.730. The van der Waals surface area contributed by atoms with Crippen molar-refractivity contribution in [3.8, 4) is 5.75 Å². The van der Waals surface area contributed by atoms with E-state index in [9.17, 15) is 5.11 Å². The van der Waals surface area contributed by atoms with E-state index in [1.807, 2.05) is 18.2 Å². The second kappa shape index (κ2) is 6.68. The van der Waals surface area contributed by atoms with Crippen LogP contribution in [0.5, 0.6) is 5.75 Å². The quantitative estimate of drug-likeness (QED) is 0.528. The highest BCUT2D eigenvalue weighted by molar-refractivity contribution is 6.17. The minimum atomic E-state index is -0.230. The standard InChI is InChI=1S/C11H14ClO2/c12-7-3-4-8-14-11-6-2-1-5-10(11)9-13/h1-2,5-6H,3-4,7-9H2. The first-order chi connectivity index (χ1) is 6.88. The highest BCUT2D eigenvalue weighted by atomic mass is 35.5. The molecule has 0 amide bonds. The van der Waals surface area contributed by atoms with Crippen molar-refractivity contribution in [3.05, 3.63) is 29.8 Å². The summed E-state index contributed by atoms with van der Waals surface area (Å²) in [5.41, 5.74) is 0.721. The zero-order chi connectivity index (χ0) is 10.2. The van der Waals surface area contributed by atoms with Crippen LogP contribution in [0.25, 0.3) is 0 Å². The normalized spacial score (nSPS) is 10.1. The minimum Gasteiger partial charge on any atom is -0.493 e. The molecule has 77 valence electrons. The predicted octanol–water partition coefficient (Wildman–Crippen LogP) is 3.01. The van der Waals surface area contributed by atoms with Crippen LogP contribution < -0.4 is 4.74 Å². The van der Waals surface area contributed by atoms with Crippen LogP contribution in [-0.4, -0.2) is 12.5 Å². The number of alkyl halides is 1. The molecule has 3 heteroatoms. The molecule has 0 fully saturated rings. The van der Waals surface area contributed by atoms with Gasteiger partial charge >= 0.3 is 0 Å². The van der Waals surface area contributed by atoms with Crippen molar-refractivity contribution in [2.45, 2.75) is 19.4 Å². The van der Waals surface area contributed by atoms with Crippen LogP contribution in [0.2, 0.25) is 0 Å². The second-order valence-corrected chi connectivity index (χ2v) is 3.37. The number of unbranched alkanes of at least 4 members (excludes halogenated alkanes) is 1. The number of para-hydroxylation sites is 1. The number of ether oxygens (including phenoxy) is 1. The van der Waals surface area contributed by atoms with Crippen LogP contribution >= 0.6 is 11.6 Å². The van der Waals surface area contributed by atoms with Gasteiger partial charge in [0.05, 0.1) is 6.61 Å². The average Bonchev–Trinajstić information content (AvgIpc) is 2.25. The number of hydrogen-bond acceptors (Lipinski definition) is 1. The zero-order valence-electron chi connectivity index (χ0n) is 8.04. The Morgan fingerprint density at radius 3 is 2.71 bits per heavy atom. The third kappa shape index (κ3) is 3.56. The number of rotatable bonds is 6. The van der Waals surface area contributed by atoms with Gasteiger partial charge < -0.3 is 4.74 Å². The molecule has 1 rings (SSSR count). The van der Waals surface area contributed by atoms with Gasteiger partial charge in [-0.3, -0.25) is 0 Å². The Labute approximate surface area is 89.5 Å². The van der Waals surface area contributed by atoms with E-state index in [-0.39, 0.29) is 6.61 Å². The van der Waals surface area contributed by atoms with Gasteiger partial charge in [-0.1, -0.05) is 18.2 Å². The summed E-state index contributed by atoms with van der Waals surface area (Å²) in [6.07, 6.45) is 1.87. The molecule has 1 aromatic rings. The van der Waals surface area contributed by atoms with E-state index in [0.29, 0.717) is 18.2 Å². The SMILES string of the molecule is [O]Cc1ccccc1OCCCCCl. The van der Waals surface area contributed by atoms with Crippen molar-refractivity contribution >= 4 is 11.6 Å². The maximum Gasteiger partial charge on any atom is 0.124 e. The fraction of sp³-hybridized carbons (Fsp3) is 0.455. The lowest BCUT2D eigenvalue weighted by molar-refractivity contribution is 0.172. The first kappa shape index (κ1) is 11.3. The third-order valence-electron chi connectivity index (χ3n) is 1.91. The number of halogens is 1. The Kier molecular flexibility index (Phi) is 5.42. The average molecular weight is 214 g/mol. The molecule has 0 unspecified atom stereocenters. The Bertz CT molecular complexity index is 263. The topological polar surface area (TPSA) is 29.1 Å². The van der Waals surface area contributed by atoms with Gasteiger partial charge in [-0.05, 0) is 18.9 Å². The van der Waals surface area contributed by atoms with Crippen molar-refractivity contribution in [1.29, 1.82) is 0 Å². The fourth-order valence-electron chi connectivity index (χ4n) is 1.14. The largest absolute Gasteiger partial charge is 0.493 e. The number of hydrogen-bond donors (Lipinski definition) is 0. The van der Waals surface area contributed by atoms with E-state index in [1.54, 1.807) is 6.07 Å². The molecule has 0 aliphatic carbocycles. The number of benzene rings is 1. The van der Waals surface area contributed by atoms with Crippen molar-refractivity contribution in [3.63, 3.8) is 0 Å². The van der Waals surface area contributed by atoms with E-state index >= 15 is 0 Å². The summed E-state index contributed by atoms with van der Waals surface area (Å²) in [5, 5.41) is 10.7. The van der Waals surface area contributed by atoms with Gasteiger partial charge in [0.25, 0.3) is 0 Å². The molecule has 0 saturated carbocycles. The predicted molar refractivity (Wildman–Crippen MR) is 56.3 cm³/mol. The monoisotopic (exact) mass is 213 g/mol. The van der Waals surface area contributed by atoms with Crippen LogP contribution in [-0.2, 0) is 11.7 Å². The maximum atomic E-state index is 10.7. The van der Waals surface area contributed by atoms with E-state index in [1.165, 1.54) is 0 Å². The Balaban J connectivity index is 2.41. The van der Waals surface area contributed by atoms with Crippen molar-refractivity contribution in [2.24, 2.45) is 0 Å². The van der Waals surface area contributed by atoms with Gasteiger partial charge in [-0.25, -0.2) is 5.11 Å². The summed E-state index contributed by atoms with van der Waals surface area (Å²) in [6, 6.07) is 7.34. The van der Waals surface area contributed by atoms with Crippen LogP contribution in [0.1, 0.15) is 18.4 Å². The van der Waals surface area contributed by atoms with Crippen molar-refractivity contribution in [1.82, 2.24) is 0 Å². The third-order valence-corrected chi connectivity index (χ3v) is 2.18. The van der Waals surface area contributed by atoms with Crippen LogP contribution in [0, 0.1) is 0 Å². The van der Waals surface area contributed by atoms with Gasteiger partial charge in [-0.15, -0.1) is 11.6 Å². The molecule has 2 nitrogen and oxygen atoms in total. The smallest absolute Gasteiger partial charge is 0.124 e. The molecule has 0 spiro atoms. The van der Waals surface area contributed by atoms with Gasteiger partial charge in [-0.2, -0.15) is 0 Å². The molecule has 0 aromatic heterocycles. The Morgan fingerprint density at radius 1 is 1.21 bits per heavy atom. The summed E-state index contributed by atoms with van der Waals surface area (Å²) < 4.78 is 5.47. The van der Waals surface area contributed by atoms with Gasteiger partial charge in [0.1, 0.15) is 12.4 Å². The van der Waals surface area contributed by atoms with Crippen LogP contribution in [0.15, 0.2) is 24.3 Å². The Morgan fingerprint density at radius 2 is 2.00 bits per heavy atom. The molecule has 14 heavy (non-hydrogen) atoms. The second-order valence-electron chi connectivity index (χ2n) is 3.00. The first-order valence-corrected chi connectivity index (χ1v) is 5.26. The van der Waals surface area contributed by atoms with Crippen molar-refractivity contribution < 1.29 is 9.84 Å². The molecule has 0 atom stereocenters. The lowest BCUT2D eigenvalue weighted by Gasteiger charge is -2.08. The van der Waals surface area contributed by atoms with Gasteiger partial charge in [0, 0.05) is 11.4 Å². The molecule has 0 aliphatic rings. The molecule has 0 N–H and O–H groups in total.